The van der Waals surface area contributed by atoms with Crippen LogP contribution in [-0.2, 0) is 41.6 Å². The number of benzene rings is 2. The maximum Gasteiger partial charge on any atom is 0.490 e. The fraction of sp³-hybridized carbons (Fsp3) is 0.419. The number of carbonyl (C=O) groups is 6. The first-order valence-electron chi connectivity index (χ1n) is 14.6. The summed E-state index contributed by atoms with van der Waals surface area (Å²) in [5.41, 5.74) is 7.41. The lowest BCUT2D eigenvalue weighted by Crippen LogP contribution is -2.55. The van der Waals surface area contributed by atoms with E-state index >= 15 is 0 Å². The van der Waals surface area contributed by atoms with Crippen molar-refractivity contribution in [3.63, 3.8) is 0 Å². The highest BCUT2D eigenvalue weighted by atomic mass is 19.4. The van der Waals surface area contributed by atoms with Gasteiger partial charge in [-0.2, -0.15) is 13.2 Å². The highest BCUT2D eigenvalue weighted by Crippen LogP contribution is 2.13. The van der Waals surface area contributed by atoms with Crippen molar-refractivity contribution in [1.29, 1.82) is 0 Å². The number of nitrogens with one attached hydrogen (secondary N) is 4. The van der Waals surface area contributed by atoms with Gasteiger partial charge in [-0.15, -0.1) is 0 Å². The molecule has 0 aliphatic carbocycles. The topological polar surface area (TPSA) is 237 Å². The quantitative estimate of drug-likeness (QED) is 0.132. The number of nitrogens with two attached hydrogens (primary N) is 1. The van der Waals surface area contributed by atoms with Crippen molar-refractivity contribution < 1.29 is 57.3 Å². The maximum atomic E-state index is 13.0. The van der Waals surface area contributed by atoms with Crippen LogP contribution in [-0.4, -0.2) is 87.8 Å². The van der Waals surface area contributed by atoms with Gasteiger partial charge < -0.3 is 42.3 Å². The molecule has 2 aromatic carbocycles. The van der Waals surface area contributed by atoms with Crippen molar-refractivity contribution in [1.82, 2.24) is 21.3 Å². The number of phenols is 1. The first kappa shape index (κ1) is 40.8. The fourth-order valence-corrected chi connectivity index (χ4v) is 3.95. The highest BCUT2D eigenvalue weighted by Gasteiger charge is 2.38. The minimum Gasteiger partial charge on any atom is -0.508 e. The lowest BCUT2D eigenvalue weighted by molar-refractivity contribution is -0.192. The Morgan fingerprint density at radius 2 is 1.29 bits per heavy atom. The molecule has 0 fully saturated rings. The number of aliphatic carboxylic acids is 2. The van der Waals surface area contributed by atoms with Gasteiger partial charge in [-0.1, -0.05) is 56.3 Å². The first-order chi connectivity index (χ1) is 22.3. The molecule has 0 heterocycles. The van der Waals surface area contributed by atoms with E-state index in [1.54, 1.807) is 42.5 Å². The summed E-state index contributed by atoms with van der Waals surface area (Å²) in [6.07, 6.45) is -4.58. The van der Waals surface area contributed by atoms with Crippen LogP contribution in [0.1, 0.15) is 38.3 Å². The van der Waals surface area contributed by atoms with Crippen LogP contribution >= 0.6 is 0 Å². The molecule has 264 valence electrons. The molecule has 0 saturated heterocycles. The number of hydrogen-bond donors (Lipinski definition) is 8. The van der Waals surface area contributed by atoms with Crippen LogP contribution in [0.5, 0.6) is 5.75 Å². The Bertz CT molecular complexity index is 1390. The SMILES string of the molecule is CC(C)C[C@H](NC(=O)[C@H](Cc1ccccc1)NC(=O)CNC(=O)[C@@H](C)NC(=O)[C@@H](N)Cc1ccc(O)cc1)C(=O)O.O=C(O)C(F)(F)F. The summed E-state index contributed by atoms with van der Waals surface area (Å²) >= 11 is 0. The van der Waals surface area contributed by atoms with E-state index in [-0.39, 0.29) is 30.9 Å². The number of carboxylic acid groups (broad SMARTS) is 2. The van der Waals surface area contributed by atoms with Gasteiger partial charge in [0.1, 0.15) is 23.9 Å². The monoisotopic (exact) mass is 683 g/mol. The zero-order valence-corrected chi connectivity index (χ0v) is 26.4. The van der Waals surface area contributed by atoms with Gasteiger partial charge in [0.25, 0.3) is 0 Å². The van der Waals surface area contributed by atoms with E-state index < -0.39 is 72.5 Å². The van der Waals surface area contributed by atoms with Crippen molar-refractivity contribution in [2.75, 3.05) is 6.54 Å². The predicted molar refractivity (Wildman–Crippen MR) is 165 cm³/mol. The number of hydrogen-bond acceptors (Lipinski definition) is 8. The molecular weight excluding hydrogens is 643 g/mol. The van der Waals surface area contributed by atoms with Crippen LogP contribution in [0.4, 0.5) is 13.2 Å². The molecule has 0 bridgehead atoms. The molecular formula is C31H40F3N5O9. The summed E-state index contributed by atoms with van der Waals surface area (Å²) in [6.45, 7) is 4.62. The molecule has 0 aliphatic heterocycles. The molecule has 14 nitrogen and oxygen atoms in total. The summed E-state index contributed by atoms with van der Waals surface area (Å²) in [5, 5.41) is 36.0. The molecule has 48 heavy (non-hydrogen) atoms. The summed E-state index contributed by atoms with van der Waals surface area (Å²) in [5.74, 6) is -6.38. The lowest BCUT2D eigenvalue weighted by atomic mass is 10.0. The van der Waals surface area contributed by atoms with Gasteiger partial charge >= 0.3 is 18.1 Å². The Balaban J connectivity index is 0.00000148. The Labute approximate surface area is 274 Å². The minimum atomic E-state index is -5.08. The third kappa shape index (κ3) is 15.9. The molecule has 0 spiro atoms. The molecule has 0 aromatic heterocycles. The van der Waals surface area contributed by atoms with Gasteiger partial charge in [0.2, 0.25) is 23.6 Å². The van der Waals surface area contributed by atoms with Crippen molar-refractivity contribution in [2.45, 2.75) is 70.4 Å². The van der Waals surface area contributed by atoms with E-state index in [1.165, 1.54) is 19.1 Å². The zero-order valence-electron chi connectivity index (χ0n) is 26.4. The van der Waals surface area contributed by atoms with Gasteiger partial charge in [-0.3, -0.25) is 19.2 Å². The van der Waals surface area contributed by atoms with Crippen molar-refractivity contribution in [3.8, 4) is 5.75 Å². The van der Waals surface area contributed by atoms with Gasteiger partial charge in [0.15, 0.2) is 0 Å². The van der Waals surface area contributed by atoms with E-state index in [1.807, 2.05) is 13.8 Å². The molecule has 4 atom stereocenters. The third-order valence-electron chi connectivity index (χ3n) is 6.40. The van der Waals surface area contributed by atoms with Crippen LogP contribution in [0.3, 0.4) is 0 Å². The maximum absolute atomic E-state index is 13.0. The Hall–Kier alpha value is -5.19. The van der Waals surface area contributed by atoms with Crippen molar-refractivity contribution in [3.05, 3.63) is 65.7 Å². The zero-order chi connectivity index (χ0) is 36.6. The second kappa shape index (κ2) is 19.5. The molecule has 9 N–H and O–H groups in total. The highest BCUT2D eigenvalue weighted by molar-refractivity contribution is 5.94. The van der Waals surface area contributed by atoms with E-state index in [9.17, 15) is 47.4 Å². The van der Waals surface area contributed by atoms with Crippen LogP contribution in [0.15, 0.2) is 54.6 Å². The Kier molecular flexibility index (Phi) is 16.6. The lowest BCUT2D eigenvalue weighted by Gasteiger charge is -2.23. The normalized spacial score (nSPS) is 13.4. The van der Waals surface area contributed by atoms with Crippen molar-refractivity contribution in [2.24, 2.45) is 11.7 Å². The second-order valence-electron chi connectivity index (χ2n) is 11.1. The average Bonchev–Trinajstić information content (AvgIpc) is 3.00. The number of rotatable bonds is 15. The number of amides is 4. The van der Waals surface area contributed by atoms with Gasteiger partial charge in [0.05, 0.1) is 12.6 Å². The summed E-state index contributed by atoms with van der Waals surface area (Å²) in [4.78, 5) is 71.2. The molecule has 2 aromatic rings. The summed E-state index contributed by atoms with van der Waals surface area (Å²) < 4.78 is 31.7. The van der Waals surface area contributed by atoms with Crippen LogP contribution < -0.4 is 27.0 Å². The molecule has 0 radical (unpaired) electrons. The largest absolute Gasteiger partial charge is 0.508 e. The average molecular weight is 684 g/mol. The van der Waals surface area contributed by atoms with E-state index in [4.69, 9.17) is 15.6 Å². The first-order valence-corrected chi connectivity index (χ1v) is 14.6. The van der Waals surface area contributed by atoms with Gasteiger partial charge in [-0.25, -0.2) is 9.59 Å². The van der Waals surface area contributed by atoms with Crippen molar-refractivity contribution >= 4 is 35.6 Å². The summed E-state index contributed by atoms with van der Waals surface area (Å²) in [7, 11) is 0. The van der Waals surface area contributed by atoms with Crippen LogP contribution in [0.25, 0.3) is 0 Å². The van der Waals surface area contributed by atoms with Gasteiger partial charge in [0, 0.05) is 6.42 Å². The predicted octanol–water partition coefficient (Wildman–Crippen LogP) is 0.859. The molecule has 2 rings (SSSR count). The Morgan fingerprint density at radius 1 is 0.750 bits per heavy atom. The minimum absolute atomic E-state index is 0.0126. The second-order valence-corrected chi connectivity index (χ2v) is 11.1. The molecule has 0 unspecified atom stereocenters. The molecule has 17 heteroatoms. The number of carbonyl (C=O) groups excluding carboxylic acids is 4. The van der Waals surface area contributed by atoms with Crippen LogP contribution in [0, 0.1) is 5.92 Å². The smallest absolute Gasteiger partial charge is 0.490 e. The number of halogens is 3. The summed E-state index contributed by atoms with van der Waals surface area (Å²) in [6, 6.07) is 11.0. The van der Waals surface area contributed by atoms with E-state index in [0.29, 0.717) is 0 Å². The number of alkyl halides is 3. The molecule has 4 amide bonds. The van der Waals surface area contributed by atoms with E-state index in [2.05, 4.69) is 21.3 Å². The third-order valence-corrected chi connectivity index (χ3v) is 6.40. The Morgan fingerprint density at radius 3 is 1.79 bits per heavy atom. The number of carboxylic acids is 2. The number of phenolic OH excluding ortho intramolecular Hbond substituents is 1. The standard InChI is InChI=1S/C29H39N5O7.C2HF3O2/c1-17(2)13-24(29(40)41)34-28(39)23(15-19-7-5-4-6-8-19)33-25(36)16-31-26(37)18(3)32-27(38)22(30)14-20-9-11-21(35)12-10-20;3-2(4,5)1(6)7/h4-12,17-18,22-24,35H,13-16,30H2,1-3H3,(H,31,37)(H,32,38)(H,33,36)(H,34,39)(H,40,41);(H,6,7)/t18-,22+,23+,24+;/m1./s1. The molecule has 0 aliphatic rings. The van der Waals surface area contributed by atoms with Gasteiger partial charge in [-0.05, 0) is 48.9 Å². The fourth-order valence-electron chi connectivity index (χ4n) is 3.95. The number of aromatic hydroxyl groups is 1. The van der Waals surface area contributed by atoms with Crippen LogP contribution in [0.2, 0.25) is 0 Å². The van der Waals surface area contributed by atoms with E-state index in [0.717, 1.165) is 11.1 Å². The molecule has 0 saturated carbocycles.